The van der Waals surface area contributed by atoms with E-state index in [1.807, 2.05) is 30.3 Å². The number of benzene rings is 3. The summed E-state index contributed by atoms with van der Waals surface area (Å²) in [5.74, 6) is -0.379. The van der Waals surface area contributed by atoms with Gasteiger partial charge in [0.1, 0.15) is 5.75 Å². The highest BCUT2D eigenvalue weighted by molar-refractivity contribution is 9.10. The number of ether oxygens (including phenoxy) is 2. The van der Waals surface area contributed by atoms with Gasteiger partial charge in [0, 0.05) is 5.69 Å². The maximum atomic E-state index is 12.2. The zero-order valence-electron chi connectivity index (χ0n) is 14.3. The third-order valence-corrected chi connectivity index (χ3v) is 4.99. The molecule has 0 unspecified atom stereocenters. The molecule has 3 rings (SSSR count). The van der Waals surface area contributed by atoms with E-state index in [2.05, 4.69) is 26.0 Å². The first kappa shape index (κ1) is 19.2. The van der Waals surface area contributed by atoms with Crippen LogP contribution in [0.4, 0.5) is 5.69 Å². The molecule has 0 bridgehead atoms. The van der Waals surface area contributed by atoms with Crippen molar-refractivity contribution >= 4 is 55.9 Å². The monoisotopic (exact) mass is 447 g/mol. The van der Waals surface area contributed by atoms with Crippen LogP contribution in [0, 0.1) is 0 Å². The lowest BCUT2D eigenvalue weighted by molar-refractivity contribution is -0.118. The first-order chi connectivity index (χ1) is 13.0. The quantitative estimate of drug-likeness (QED) is 0.554. The topological polar surface area (TPSA) is 64.6 Å². The number of fused-ring (bicyclic) bond motifs is 1. The number of carbonyl (C=O) groups is 2. The van der Waals surface area contributed by atoms with Crippen LogP contribution >= 0.6 is 27.5 Å². The molecular formula is C20H15BrClNO4. The van der Waals surface area contributed by atoms with Crippen LogP contribution in [0.1, 0.15) is 10.4 Å². The maximum absolute atomic E-state index is 12.2. The van der Waals surface area contributed by atoms with Gasteiger partial charge in [0.25, 0.3) is 5.91 Å². The zero-order chi connectivity index (χ0) is 19.4. The van der Waals surface area contributed by atoms with E-state index in [4.69, 9.17) is 16.3 Å². The Hall–Kier alpha value is -2.57. The molecule has 0 saturated heterocycles. The first-order valence-corrected chi connectivity index (χ1v) is 9.14. The van der Waals surface area contributed by atoms with Gasteiger partial charge in [-0.15, -0.1) is 0 Å². The molecule has 1 amide bonds. The van der Waals surface area contributed by atoms with Crippen molar-refractivity contribution in [1.82, 2.24) is 0 Å². The van der Waals surface area contributed by atoms with Crippen molar-refractivity contribution in [3.05, 3.63) is 69.7 Å². The van der Waals surface area contributed by atoms with Crippen molar-refractivity contribution in [3.8, 4) is 5.75 Å². The average molecular weight is 449 g/mol. The summed E-state index contributed by atoms with van der Waals surface area (Å²) in [4.78, 5) is 23.9. The van der Waals surface area contributed by atoms with E-state index in [1.54, 1.807) is 12.1 Å². The van der Waals surface area contributed by atoms with E-state index in [9.17, 15) is 9.59 Å². The number of rotatable bonds is 5. The summed E-state index contributed by atoms with van der Waals surface area (Å²) in [5.41, 5.74) is 0.598. The van der Waals surface area contributed by atoms with Gasteiger partial charge >= 0.3 is 5.97 Å². The van der Waals surface area contributed by atoms with Gasteiger partial charge in [0.15, 0.2) is 6.61 Å². The van der Waals surface area contributed by atoms with Gasteiger partial charge in [-0.2, -0.15) is 0 Å². The summed E-state index contributed by atoms with van der Waals surface area (Å²) in [6, 6.07) is 16.2. The van der Waals surface area contributed by atoms with Crippen LogP contribution in [-0.4, -0.2) is 25.6 Å². The number of halogens is 2. The molecule has 0 aliphatic rings. The summed E-state index contributed by atoms with van der Waals surface area (Å²) in [7, 11) is 1.26. The third-order valence-electron chi connectivity index (χ3n) is 3.84. The van der Waals surface area contributed by atoms with Crippen molar-refractivity contribution in [2.75, 3.05) is 19.0 Å². The molecule has 5 nitrogen and oxygen atoms in total. The summed E-state index contributed by atoms with van der Waals surface area (Å²) in [6.45, 7) is -0.187. The molecular weight excluding hydrogens is 434 g/mol. The van der Waals surface area contributed by atoms with Gasteiger partial charge in [-0.25, -0.2) is 4.79 Å². The zero-order valence-corrected chi connectivity index (χ0v) is 16.6. The van der Waals surface area contributed by atoms with E-state index < -0.39 is 5.97 Å². The van der Waals surface area contributed by atoms with Crippen LogP contribution in [0.3, 0.4) is 0 Å². The van der Waals surface area contributed by atoms with E-state index in [1.165, 1.54) is 19.2 Å². The van der Waals surface area contributed by atoms with Crippen LogP contribution in [-0.2, 0) is 9.53 Å². The number of amides is 1. The Morgan fingerprint density at radius 1 is 1.11 bits per heavy atom. The Bertz CT molecular complexity index is 1020. The summed E-state index contributed by atoms with van der Waals surface area (Å²) < 4.78 is 11.1. The molecule has 1 N–H and O–H groups in total. The van der Waals surface area contributed by atoms with Gasteiger partial charge < -0.3 is 14.8 Å². The largest absolute Gasteiger partial charge is 0.483 e. The van der Waals surface area contributed by atoms with Crippen molar-refractivity contribution in [2.45, 2.75) is 0 Å². The van der Waals surface area contributed by atoms with E-state index in [-0.39, 0.29) is 23.1 Å². The van der Waals surface area contributed by atoms with Crippen molar-refractivity contribution < 1.29 is 19.1 Å². The summed E-state index contributed by atoms with van der Waals surface area (Å²) in [5, 5.41) is 4.98. The normalized spacial score (nSPS) is 10.5. The van der Waals surface area contributed by atoms with Gasteiger partial charge in [-0.1, -0.05) is 41.9 Å². The van der Waals surface area contributed by atoms with Gasteiger partial charge in [-0.05, 0) is 51.0 Å². The smallest absolute Gasteiger partial charge is 0.339 e. The third kappa shape index (κ3) is 4.40. The number of carbonyl (C=O) groups excluding carboxylic acids is 2. The second-order valence-corrected chi connectivity index (χ2v) is 6.82. The molecule has 0 heterocycles. The van der Waals surface area contributed by atoms with Crippen molar-refractivity contribution in [1.29, 1.82) is 0 Å². The first-order valence-electron chi connectivity index (χ1n) is 7.97. The lowest BCUT2D eigenvalue weighted by Crippen LogP contribution is -2.20. The molecule has 0 atom stereocenters. The molecule has 0 spiro atoms. The molecule has 0 aromatic heterocycles. The van der Waals surface area contributed by atoms with Crippen LogP contribution < -0.4 is 10.1 Å². The minimum absolute atomic E-state index is 0.176. The number of hydrogen-bond acceptors (Lipinski definition) is 4. The minimum Gasteiger partial charge on any atom is -0.483 e. The van der Waals surface area contributed by atoms with Crippen molar-refractivity contribution in [2.24, 2.45) is 0 Å². The van der Waals surface area contributed by atoms with Crippen LogP contribution in [0.15, 0.2) is 59.1 Å². The van der Waals surface area contributed by atoms with Gasteiger partial charge in [0.2, 0.25) is 0 Å². The van der Waals surface area contributed by atoms with E-state index in [0.717, 1.165) is 15.2 Å². The van der Waals surface area contributed by atoms with Crippen molar-refractivity contribution in [3.63, 3.8) is 0 Å². The Kier molecular flexibility index (Phi) is 5.98. The highest BCUT2D eigenvalue weighted by Gasteiger charge is 2.13. The predicted molar refractivity (Wildman–Crippen MR) is 109 cm³/mol. The lowest BCUT2D eigenvalue weighted by Gasteiger charge is -2.11. The molecule has 138 valence electrons. The van der Waals surface area contributed by atoms with Crippen LogP contribution in [0.5, 0.6) is 5.75 Å². The fourth-order valence-electron chi connectivity index (χ4n) is 2.53. The summed E-state index contributed by atoms with van der Waals surface area (Å²) in [6.07, 6.45) is 0. The standard InChI is InChI=1S/C20H15BrClNO4/c1-26-20(25)15-10-13(7-8-16(15)22)23-18(24)11-27-17-9-6-12-4-2-3-5-14(12)19(17)21/h2-10H,11H2,1H3,(H,23,24). The molecule has 27 heavy (non-hydrogen) atoms. The van der Waals surface area contributed by atoms with Crippen LogP contribution in [0.2, 0.25) is 5.02 Å². The molecule has 0 aliphatic heterocycles. The highest BCUT2D eigenvalue weighted by Crippen LogP contribution is 2.33. The Morgan fingerprint density at radius 3 is 2.67 bits per heavy atom. The number of hydrogen-bond donors (Lipinski definition) is 1. The van der Waals surface area contributed by atoms with Crippen LogP contribution in [0.25, 0.3) is 10.8 Å². The maximum Gasteiger partial charge on any atom is 0.339 e. The Morgan fingerprint density at radius 2 is 1.89 bits per heavy atom. The predicted octanol–water partition coefficient (Wildman–Crippen LogP) is 5.06. The second-order valence-electron chi connectivity index (χ2n) is 5.62. The minimum atomic E-state index is -0.576. The molecule has 7 heteroatoms. The molecule has 3 aromatic rings. The van der Waals surface area contributed by atoms with E-state index >= 15 is 0 Å². The van der Waals surface area contributed by atoms with Gasteiger partial charge in [0.05, 0.1) is 22.2 Å². The lowest BCUT2D eigenvalue weighted by atomic mass is 10.1. The SMILES string of the molecule is COC(=O)c1cc(NC(=O)COc2ccc3ccccc3c2Br)ccc1Cl. The Balaban J connectivity index is 1.68. The molecule has 0 saturated carbocycles. The average Bonchev–Trinajstić information content (AvgIpc) is 2.68. The number of nitrogens with one attached hydrogen (secondary N) is 1. The summed E-state index contributed by atoms with van der Waals surface area (Å²) >= 11 is 9.49. The fraction of sp³-hybridized carbons (Fsp3) is 0.100. The second kappa shape index (κ2) is 8.41. The fourth-order valence-corrected chi connectivity index (χ4v) is 3.34. The van der Waals surface area contributed by atoms with E-state index in [0.29, 0.717) is 11.4 Å². The Labute approximate surface area is 169 Å². The molecule has 0 aliphatic carbocycles. The number of methoxy groups -OCH3 is 1. The highest BCUT2D eigenvalue weighted by atomic mass is 79.9. The number of anilines is 1. The molecule has 0 fully saturated rings. The van der Waals surface area contributed by atoms with Gasteiger partial charge in [-0.3, -0.25) is 4.79 Å². The molecule has 0 radical (unpaired) electrons. The number of esters is 1. The molecule has 3 aromatic carbocycles.